The molecule has 1 aliphatic rings. The number of fused-ring (bicyclic) bond motifs is 1. The maximum atomic E-state index is 13.0. The lowest BCUT2D eigenvalue weighted by atomic mass is 10.1. The molecule has 2 N–H and O–H groups in total. The number of nitrogens with zero attached hydrogens (tertiary/aromatic N) is 3. The van der Waals surface area contributed by atoms with Gasteiger partial charge in [0.1, 0.15) is 12.4 Å². The molecular formula is C23H28N4O5S. The number of carbonyl (C=O) groups excluding carboxylic acids is 1. The monoisotopic (exact) mass is 472 g/mol. The summed E-state index contributed by atoms with van der Waals surface area (Å²) in [4.78, 5) is 17.4. The number of morpholine rings is 1. The Morgan fingerprint density at radius 2 is 1.97 bits per heavy atom. The molecule has 0 bridgehead atoms. The van der Waals surface area contributed by atoms with Crippen molar-refractivity contribution in [2.75, 3.05) is 32.0 Å². The van der Waals surface area contributed by atoms with Gasteiger partial charge in [-0.25, -0.2) is 18.2 Å². The van der Waals surface area contributed by atoms with Gasteiger partial charge in [-0.3, -0.25) is 0 Å². The van der Waals surface area contributed by atoms with E-state index in [0.717, 1.165) is 17.5 Å². The lowest BCUT2D eigenvalue weighted by Crippen LogP contribution is -2.40. The molecule has 0 spiro atoms. The highest BCUT2D eigenvalue weighted by atomic mass is 32.2. The van der Waals surface area contributed by atoms with Crippen LogP contribution >= 0.6 is 0 Å². The Morgan fingerprint density at radius 3 is 2.70 bits per heavy atom. The van der Waals surface area contributed by atoms with E-state index in [1.54, 1.807) is 30.3 Å². The molecule has 0 saturated carbocycles. The fourth-order valence-electron chi connectivity index (χ4n) is 3.91. The number of anilines is 1. The molecule has 0 amide bonds. The van der Waals surface area contributed by atoms with E-state index >= 15 is 0 Å². The summed E-state index contributed by atoms with van der Waals surface area (Å²) >= 11 is 0. The van der Waals surface area contributed by atoms with Crippen LogP contribution in [0.25, 0.3) is 11.0 Å². The van der Waals surface area contributed by atoms with Crippen LogP contribution in [0.15, 0.2) is 41.3 Å². The molecule has 9 nitrogen and oxygen atoms in total. The number of aryl methyl sites for hydroxylation is 2. The second-order valence-electron chi connectivity index (χ2n) is 7.96. The van der Waals surface area contributed by atoms with E-state index < -0.39 is 16.0 Å². The molecule has 176 valence electrons. The smallest absolute Gasteiger partial charge is 0.340 e. The quantitative estimate of drug-likeness (QED) is 0.415. The average molecular weight is 473 g/mol. The van der Waals surface area contributed by atoms with Gasteiger partial charge < -0.3 is 19.8 Å². The van der Waals surface area contributed by atoms with Crippen molar-refractivity contribution in [2.24, 2.45) is 0 Å². The third-order valence-corrected chi connectivity index (χ3v) is 7.62. The van der Waals surface area contributed by atoms with Crippen LogP contribution in [0.5, 0.6) is 0 Å². The second-order valence-corrected chi connectivity index (χ2v) is 9.90. The minimum atomic E-state index is -3.64. The zero-order valence-corrected chi connectivity index (χ0v) is 19.6. The zero-order chi connectivity index (χ0) is 23.6. The number of carbonyl (C=O) groups is 1. The summed E-state index contributed by atoms with van der Waals surface area (Å²) in [6.45, 7) is 5.89. The normalized spacial score (nSPS) is 15.1. The average Bonchev–Trinajstić information content (AvgIpc) is 3.16. The summed E-state index contributed by atoms with van der Waals surface area (Å²) in [5, 5.41) is 0. The van der Waals surface area contributed by atoms with Gasteiger partial charge in [-0.15, -0.1) is 0 Å². The lowest BCUT2D eigenvalue weighted by Gasteiger charge is -2.26. The number of nitrogen functional groups attached to an aromatic ring is 1. The van der Waals surface area contributed by atoms with E-state index in [1.165, 1.54) is 4.31 Å². The Hall–Kier alpha value is -2.95. The number of esters is 1. The van der Waals surface area contributed by atoms with Gasteiger partial charge >= 0.3 is 5.97 Å². The second kappa shape index (κ2) is 9.50. The number of rotatable bonds is 7. The number of hydrogen-bond acceptors (Lipinski definition) is 7. The van der Waals surface area contributed by atoms with Gasteiger partial charge in [0.25, 0.3) is 0 Å². The van der Waals surface area contributed by atoms with Crippen molar-refractivity contribution < 1.29 is 22.7 Å². The van der Waals surface area contributed by atoms with Crippen molar-refractivity contribution in [1.29, 1.82) is 0 Å². The Labute approximate surface area is 193 Å². The van der Waals surface area contributed by atoms with E-state index in [2.05, 4.69) is 4.98 Å². The van der Waals surface area contributed by atoms with Crippen LogP contribution < -0.4 is 5.73 Å². The number of hydrogen-bond donors (Lipinski definition) is 1. The van der Waals surface area contributed by atoms with Crippen LogP contribution in [0.2, 0.25) is 0 Å². The van der Waals surface area contributed by atoms with Gasteiger partial charge in [0.05, 0.1) is 34.7 Å². The van der Waals surface area contributed by atoms with E-state index in [4.69, 9.17) is 15.2 Å². The molecule has 1 saturated heterocycles. The Kier molecular flexibility index (Phi) is 6.68. The predicted octanol–water partition coefficient (Wildman–Crippen LogP) is 2.71. The van der Waals surface area contributed by atoms with Gasteiger partial charge in [0.2, 0.25) is 10.0 Å². The summed E-state index contributed by atoms with van der Waals surface area (Å²) in [6.07, 6.45) is 0.838. The van der Waals surface area contributed by atoms with E-state index in [0.29, 0.717) is 55.4 Å². The zero-order valence-electron chi connectivity index (χ0n) is 18.8. The highest BCUT2D eigenvalue weighted by Gasteiger charge is 2.27. The minimum Gasteiger partial charge on any atom is -0.454 e. The first-order chi connectivity index (χ1) is 15.8. The maximum Gasteiger partial charge on any atom is 0.340 e. The predicted molar refractivity (Wildman–Crippen MR) is 124 cm³/mol. The highest BCUT2D eigenvalue weighted by Crippen LogP contribution is 2.25. The molecule has 1 aromatic heterocycles. The topological polar surface area (TPSA) is 117 Å². The van der Waals surface area contributed by atoms with Crippen molar-refractivity contribution in [3.63, 3.8) is 0 Å². The van der Waals surface area contributed by atoms with Gasteiger partial charge in [0.15, 0.2) is 0 Å². The fourth-order valence-corrected chi connectivity index (χ4v) is 5.33. The Balaban J connectivity index is 1.62. The van der Waals surface area contributed by atoms with Crippen LogP contribution in [0, 0.1) is 6.92 Å². The molecule has 3 aromatic rings. The number of benzene rings is 2. The standard InChI is InChI=1S/C23H28N4O5S/c1-3-9-27-20-8-7-17(33(29,30)26-10-12-31-13-11-26)14-19(20)25-21(27)15-32-23(28)18-6-4-5-16(2)22(18)24/h4-8,14H,3,9-13,15,24H2,1-2H3. The van der Waals surface area contributed by atoms with Crippen LogP contribution in [0.1, 0.15) is 35.1 Å². The third-order valence-electron chi connectivity index (χ3n) is 5.73. The first-order valence-corrected chi connectivity index (χ1v) is 12.4. The van der Waals surface area contributed by atoms with Crippen LogP contribution in [0.3, 0.4) is 0 Å². The lowest BCUT2D eigenvalue weighted by molar-refractivity contribution is 0.0459. The molecule has 2 aromatic carbocycles. The van der Waals surface area contributed by atoms with E-state index in [-0.39, 0.29) is 11.5 Å². The molecule has 4 rings (SSSR count). The summed E-state index contributed by atoms with van der Waals surface area (Å²) in [5.74, 6) is 0.0224. The van der Waals surface area contributed by atoms with Crippen molar-refractivity contribution in [3.05, 3.63) is 53.3 Å². The molecule has 0 atom stereocenters. The molecule has 0 radical (unpaired) electrons. The number of sulfonamides is 1. The first-order valence-electron chi connectivity index (χ1n) is 10.9. The highest BCUT2D eigenvalue weighted by molar-refractivity contribution is 7.89. The molecule has 2 heterocycles. The minimum absolute atomic E-state index is 0.0492. The Morgan fingerprint density at radius 1 is 1.21 bits per heavy atom. The Bertz CT molecular complexity index is 1280. The number of para-hydroxylation sites is 1. The van der Waals surface area contributed by atoms with Gasteiger partial charge in [-0.1, -0.05) is 19.1 Å². The number of imidazole rings is 1. The number of nitrogens with two attached hydrogens (primary N) is 1. The fraction of sp³-hybridized carbons (Fsp3) is 0.391. The van der Waals surface area contributed by atoms with Crippen molar-refractivity contribution >= 4 is 32.7 Å². The van der Waals surface area contributed by atoms with Crippen LogP contribution in [-0.4, -0.2) is 54.5 Å². The number of aromatic nitrogens is 2. The molecule has 0 aliphatic carbocycles. The summed E-state index contributed by atoms with van der Waals surface area (Å²) in [5.41, 5.74) is 8.86. The van der Waals surface area contributed by atoms with Gasteiger partial charge in [-0.2, -0.15) is 4.31 Å². The van der Waals surface area contributed by atoms with Crippen LogP contribution in [0.4, 0.5) is 5.69 Å². The molecule has 33 heavy (non-hydrogen) atoms. The largest absolute Gasteiger partial charge is 0.454 e. The molecule has 1 aliphatic heterocycles. The molecule has 1 fully saturated rings. The van der Waals surface area contributed by atoms with Crippen LogP contribution in [-0.2, 0) is 32.6 Å². The number of ether oxygens (including phenoxy) is 2. The van der Waals surface area contributed by atoms with Crippen molar-refractivity contribution in [3.8, 4) is 0 Å². The van der Waals surface area contributed by atoms with Gasteiger partial charge in [0, 0.05) is 25.3 Å². The first kappa shape index (κ1) is 23.2. The summed E-state index contributed by atoms with van der Waals surface area (Å²) in [6, 6.07) is 10.2. The van der Waals surface area contributed by atoms with Crippen molar-refractivity contribution in [2.45, 2.75) is 38.3 Å². The SMILES string of the molecule is CCCn1c(COC(=O)c2cccc(C)c2N)nc2cc(S(=O)(=O)N3CCOCC3)ccc21. The van der Waals surface area contributed by atoms with E-state index in [1.807, 2.05) is 24.5 Å². The van der Waals surface area contributed by atoms with Crippen molar-refractivity contribution in [1.82, 2.24) is 13.9 Å². The summed E-state index contributed by atoms with van der Waals surface area (Å²) in [7, 11) is -3.64. The maximum absolute atomic E-state index is 13.0. The molecule has 0 unspecified atom stereocenters. The van der Waals surface area contributed by atoms with Gasteiger partial charge in [-0.05, 0) is 43.2 Å². The summed E-state index contributed by atoms with van der Waals surface area (Å²) < 4.78 is 40.2. The molecule has 10 heteroatoms. The third kappa shape index (κ3) is 4.59. The van der Waals surface area contributed by atoms with E-state index in [9.17, 15) is 13.2 Å². The molecular weight excluding hydrogens is 444 g/mol.